The lowest BCUT2D eigenvalue weighted by Gasteiger charge is -2.35. The quantitative estimate of drug-likeness (QED) is 0.338. The molecule has 0 radical (unpaired) electrons. The van der Waals surface area contributed by atoms with E-state index < -0.39 is 0 Å². The van der Waals surface area contributed by atoms with Crippen molar-refractivity contribution in [1.82, 2.24) is 9.88 Å². The molecule has 5 nitrogen and oxygen atoms in total. The lowest BCUT2D eigenvalue weighted by molar-refractivity contribution is -0.113. The van der Waals surface area contributed by atoms with Crippen LogP contribution in [0, 0.1) is 0 Å². The second kappa shape index (κ2) is 11.0. The van der Waals surface area contributed by atoms with E-state index in [1.165, 1.54) is 17.4 Å². The van der Waals surface area contributed by atoms with Crippen LogP contribution in [-0.2, 0) is 4.79 Å². The van der Waals surface area contributed by atoms with Crippen LogP contribution >= 0.6 is 34.7 Å². The van der Waals surface area contributed by atoms with E-state index in [0.29, 0.717) is 10.8 Å². The molecule has 1 fully saturated rings. The lowest BCUT2D eigenvalue weighted by Crippen LogP contribution is -2.46. The minimum Gasteiger partial charge on any atom is -0.369 e. The number of rotatable bonds is 8. The van der Waals surface area contributed by atoms with Gasteiger partial charge in [0.1, 0.15) is 0 Å². The average Bonchev–Trinajstić information content (AvgIpc) is 3.29. The van der Waals surface area contributed by atoms with Crippen LogP contribution in [0.2, 0.25) is 5.02 Å². The topological polar surface area (TPSA) is 48.5 Å². The molecule has 0 unspecified atom stereocenters. The van der Waals surface area contributed by atoms with Crippen molar-refractivity contribution < 1.29 is 4.79 Å². The number of hydrogen-bond acceptors (Lipinski definition) is 6. The number of piperazine rings is 1. The number of anilines is 2. The predicted octanol–water partition coefficient (Wildman–Crippen LogP) is 5.50. The number of halogens is 1. The summed E-state index contributed by atoms with van der Waals surface area (Å²) in [4.78, 5) is 21.8. The van der Waals surface area contributed by atoms with Crippen molar-refractivity contribution in [1.29, 1.82) is 0 Å². The summed E-state index contributed by atoms with van der Waals surface area (Å²) in [5.74, 6) is 0.282. The van der Waals surface area contributed by atoms with Gasteiger partial charge in [-0.1, -0.05) is 41.6 Å². The molecule has 1 N–H and O–H groups in total. The van der Waals surface area contributed by atoms with Crippen molar-refractivity contribution in [3.63, 3.8) is 0 Å². The first-order valence-corrected chi connectivity index (χ1v) is 12.7. The van der Waals surface area contributed by atoms with Crippen molar-refractivity contribution >= 4 is 52.0 Å². The second-order valence-corrected chi connectivity index (χ2v) is 9.98. The molecule has 3 aromatic rings. The molecule has 4 rings (SSSR count). The average molecular weight is 485 g/mol. The summed E-state index contributed by atoms with van der Waals surface area (Å²) in [6.45, 7) is 8.84. The Bertz CT molecular complexity index is 1040. The highest BCUT2D eigenvalue weighted by atomic mass is 35.5. The second-order valence-electron chi connectivity index (χ2n) is 7.47. The number of benzene rings is 2. The fourth-order valence-corrected chi connectivity index (χ4v) is 5.29. The maximum atomic E-state index is 12.4. The van der Waals surface area contributed by atoms with Gasteiger partial charge >= 0.3 is 0 Å². The molecule has 1 saturated heterocycles. The van der Waals surface area contributed by atoms with Gasteiger partial charge in [-0.3, -0.25) is 9.69 Å². The minimum absolute atomic E-state index is 0.0379. The molecule has 0 aliphatic carbocycles. The monoisotopic (exact) mass is 484 g/mol. The fraction of sp³-hybridized carbons (Fsp3) is 0.250. The van der Waals surface area contributed by atoms with Gasteiger partial charge in [0, 0.05) is 60.1 Å². The maximum absolute atomic E-state index is 12.4. The van der Waals surface area contributed by atoms with Crippen molar-refractivity contribution in [2.24, 2.45) is 0 Å². The molecule has 0 spiro atoms. The summed E-state index contributed by atoms with van der Waals surface area (Å²) in [7, 11) is 0. The van der Waals surface area contributed by atoms with Crippen LogP contribution in [0.25, 0.3) is 11.3 Å². The fourth-order valence-electron chi connectivity index (χ4n) is 3.53. The Balaban J connectivity index is 1.25. The smallest absolute Gasteiger partial charge is 0.234 e. The molecule has 1 aromatic heterocycles. The first kappa shape index (κ1) is 22.9. The number of carbonyl (C=O) groups is 1. The van der Waals surface area contributed by atoms with E-state index in [2.05, 4.69) is 38.8 Å². The summed E-state index contributed by atoms with van der Waals surface area (Å²) in [5, 5.41) is 5.68. The number of amides is 1. The lowest BCUT2D eigenvalue weighted by atomic mass is 10.2. The molecule has 2 heterocycles. The predicted molar refractivity (Wildman–Crippen MR) is 137 cm³/mol. The molecule has 32 heavy (non-hydrogen) atoms. The summed E-state index contributed by atoms with van der Waals surface area (Å²) < 4.78 is 0.871. The summed E-state index contributed by atoms with van der Waals surface area (Å²) in [6.07, 6.45) is 1.96. The minimum atomic E-state index is -0.0379. The zero-order valence-corrected chi connectivity index (χ0v) is 20.1. The SMILES string of the molecule is C=CCN1CCN(c2ccc(NC(=O)CSc3nc(-c4ccc(Cl)cc4)cs3)cc2)CC1. The van der Waals surface area contributed by atoms with Gasteiger partial charge in [-0.15, -0.1) is 17.9 Å². The van der Waals surface area contributed by atoms with E-state index in [-0.39, 0.29) is 5.91 Å². The van der Waals surface area contributed by atoms with Gasteiger partial charge in [-0.2, -0.15) is 0 Å². The van der Waals surface area contributed by atoms with Crippen molar-refractivity contribution in [3.8, 4) is 11.3 Å². The normalized spacial score (nSPS) is 14.3. The van der Waals surface area contributed by atoms with Gasteiger partial charge in [-0.05, 0) is 36.4 Å². The van der Waals surface area contributed by atoms with Crippen LogP contribution in [-0.4, -0.2) is 54.3 Å². The molecule has 0 bridgehead atoms. The number of thioether (sulfide) groups is 1. The Hall–Kier alpha value is -2.32. The third kappa shape index (κ3) is 6.13. The van der Waals surface area contributed by atoms with Gasteiger partial charge in [-0.25, -0.2) is 4.98 Å². The summed E-state index contributed by atoms with van der Waals surface area (Å²) >= 11 is 8.93. The first-order valence-electron chi connectivity index (χ1n) is 10.4. The van der Waals surface area contributed by atoms with Crippen molar-refractivity contribution in [2.45, 2.75) is 4.34 Å². The van der Waals surface area contributed by atoms with E-state index in [4.69, 9.17) is 11.6 Å². The van der Waals surface area contributed by atoms with Crippen LogP contribution < -0.4 is 10.2 Å². The molecule has 2 aromatic carbocycles. The molecule has 1 aliphatic rings. The van der Waals surface area contributed by atoms with Crippen molar-refractivity contribution in [2.75, 3.05) is 48.7 Å². The van der Waals surface area contributed by atoms with Gasteiger partial charge < -0.3 is 10.2 Å². The van der Waals surface area contributed by atoms with Crippen LogP contribution in [0.1, 0.15) is 0 Å². The van der Waals surface area contributed by atoms with E-state index in [0.717, 1.165) is 54.0 Å². The molecule has 0 atom stereocenters. The molecule has 1 amide bonds. The van der Waals surface area contributed by atoms with Gasteiger partial charge in [0.2, 0.25) is 5.91 Å². The number of aromatic nitrogens is 1. The highest BCUT2D eigenvalue weighted by Gasteiger charge is 2.16. The van der Waals surface area contributed by atoms with Crippen LogP contribution in [0.5, 0.6) is 0 Å². The first-order chi connectivity index (χ1) is 15.6. The molecule has 0 saturated carbocycles. The number of carbonyl (C=O) groups excluding carboxylic acids is 1. The standard InChI is InChI=1S/C24H25ClN4OS2/c1-2-11-28-12-14-29(15-13-28)21-9-7-20(8-10-21)26-23(30)17-32-24-27-22(16-31-24)18-3-5-19(25)6-4-18/h2-10,16H,1,11-15,17H2,(H,26,30). The number of hydrogen-bond donors (Lipinski definition) is 1. The molecular weight excluding hydrogens is 460 g/mol. The Kier molecular flexibility index (Phi) is 7.86. The molecule has 8 heteroatoms. The third-order valence-corrected chi connectivity index (χ3v) is 7.50. The van der Waals surface area contributed by atoms with E-state index in [1.807, 2.05) is 47.9 Å². The van der Waals surface area contributed by atoms with Crippen LogP contribution in [0.4, 0.5) is 11.4 Å². The largest absolute Gasteiger partial charge is 0.369 e. The van der Waals surface area contributed by atoms with Crippen LogP contribution in [0.3, 0.4) is 0 Å². The highest BCUT2D eigenvalue weighted by Crippen LogP contribution is 2.29. The summed E-state index contributed by atoms with van der Waals surface area (Å²) in [5.41, 5.74) is 3.92. The number of thiazole rings is 1. The van der Waals surface area contributed by atoms with E-state index >= 15 is 0 Å². The zero-order chi connectivity index (χ0) is 22.3. The van der Waals surface area contributed by atoms with E-state index in [9.17, 15) is 4.79 Å². The third-order valence-electron chi connectivity index (χ3n) is 5.23. The van der Waals surface area contributed by atoms with Gasteiger partial charge in [0.05, 0.1) is 11.4 Å². The Morgan fingerprint density at radius 3 is 2.53 bits per heavy atom. The molecule has 166 valence electrons. The van der Waals surface area contributed by atoms with Crippen molar-refractivity contribution in [3.05, 3.63) is 71.6 Å². The maximum Gasteiger partial charge on any atom is 0.234 e. The Morgan fingerprint density at radius 2 is 1.84 bits per heavy atom. The highest BCUT2D eigenvalue weighted by molar-refractivity contribution is 8.01. The Morgan fingerprint density at radius 1 is 1.12 bits per heavy atom. The van der Waals surface area contributed by atoms with Gasteiger partial charge in [0.15, 0.2) is 4.34 Å². The number of nitrogens with zero attached hydrogens (tertiary/aromatic N) is 3. The molecular formula is C24H25ClN4OS2. The van der Waals surface area contributed by atoms with Gasteiger partial charge in [0.25, 0.3) is 0 Å². The summed E-state index contributed by atoms with van der Waals surface area (Å²) in [6, 6.07) is 15.7. The number of nitrogens with one attached hydrogen (secondary N) is 1. The zero-order valence-electron chi connectivity index (χ0n) is 17.7. The molecule has 1 aliphatic heterocycles. The van der Waals surface area contributed by atoms with E-state index in [1.54, 1.807) is 11.3 Å². The van der Waals surface area contributed by atoms with Crippen LogP contribution in [0.15, 0.2) is 70.9 Å². The Labute approximate surface area is 202 Å².